The van der Waals surface area contributed by atoms with Gasteiger partial charge >= 0.3 is 0 Å². The number of fused-ring (bicyclic) bond motifs is 1. The average Bonchev–Trinajstić information content (AvgIpc) is 3.17. The molecule has 2 heterocycles. The predicted molar refractivity (Wildman–Crippen MR) is 120 cm³/mol. The molecule has 0 amide bonds. The van der Waals surface area contributed by atoms with E-state index in [-0.39, 0.29) is 5.78 Å². The van der Waals surface area contributed by atoms with Crippen LogP contribution in [0.25, 0.3) is 21.5 Å². The zero-order valence-electron chi connectivity index (χ0n) is 16.9. The Kier molecular flexibility index (Phi) is 6.31. The first kappa shape index (κ1) is 19.4. The lowest BCUT2D eigenvalue weighted by Gasteiger charge is -2.13. The number of benzene rings is 1. The second kappa shape index (κ2) is 9.09. The number of carbonyl (C=O) groups is 1. The van der Waals surface area contributed by atoms with Gasteiger partial charge in [-0.25, -0.2) is 0 Å². The number of H-pyrrole nitrogens is 1. The Morgan fingerprint density at radius 1 is 1.07 bits per heavy atom. The normalized spacial score (nSPS) is 15.8. The van der Waals surface area contributed by atoms with Crippen molar-refractivity contribution in [2.24, 2.45) is 5.92 Å². The van der Waals surface area contributed by atoms with Crippen LogP contribution in [0, 0.1) is 5.92 Å². The third kappa shape index (κ3) is 4.57. The van der Waals surface area contributed by atoms with Crippen molar-refractivity contribution in [1.82, 2.24) is 4.98 Å². The monoisotopic (exact) mass is 393 g/mol. The Bertz CT molecular complexity index is 878. The van der Waals surface area contributed by atoms with Crippen molar-refractivity contribution in [3.05, 3.63) is 46.8 Å². The summed E-state index contributed by atoms with van der Waals surface area (Å²) in [5.74, 6) is 1.19. The van der Waals surface area contributed by atoms with Gasteiger partial charge in [0.05, 0.1) is 15.1 Å². The highest BCUT2D eigenvalue weighted by atomic mass is 32.1. The summed E-state index contributed by atoms with van der Waals surface area (Å²) in [4.78, 5) is 16.5. The lowest BCUT2D eigenvalue weighted by Crippen LogP contribution is -2.00. The standard InChI is InChI=1S/C25H31NOS/c1-2-7-23(27)25-17-22-24(28-25)16-21(26-22)20-14-12-19(13-15-20)11-10-18-8-5-3-4-6-9-18/h12-18,26H,2-11H2,1H3. The number of Topliss-reactive ketones (excluding diaryl/α,β-unsaturated/α-hetero) is 1. The van der Waals surface area contributed by atoms with E-state index in [0.717, 1.165) is 28.4 Å². The number of aromatic nitrogens is 1. The van der Waals surface area contributed by atoms with E-state index in [4.69, 9.17) is 0 Å². The Hall–Kier alpha value is -1.87. The van der Waals surface area contributed by atoms with Gasteiger partial charge in [-0.15, -0.1) is 11.3 Å². The number of carbonyl (C=O) groups excluding carboxylic acids is 1. The number of ketones is 1. The molecule has 0 atom stereocenters. The summed E-state index contributed by atoms with van der Waals surface area (Å²) in [7, 11) is 0. The van der Waals surface area contributed by atoms with Crippen molar-refractivity contribution in [3.8, 4) is 11.3 Å². The number of hydrogen-bond donors (Lipinski definition) is 1. The number of rotatable bonds is 7. The van der Waals surface area contributed by atoms with Gasteiger partial charge in [-0.1, -0.05) is 69.7 Å². The molecule has 3 aromatic rings. The topological polar surface area (TPSA) is 32.9 Å². The van der Waals surface area contributed by atoms with E-state index in [1.807, 2.05) is 6.07 Å². The fourth-order valence-corrected chi connectivity index (χ4v) is 5.47. The zero-order chi connectivity index (χ0) is 19.3. The van der Waals surface area contributed by atoms with E-state index in [0.29, 0.717) is 6.42 Å². The third-order valence-corrected chi connectivity index (χ3v) is 7.26. The first-order valence-corrected chi connectivity index (χ1v) is 11.8. The quantitative estimate of drug-likeness (QED) is 0.322. The van der Waals surface area contributed by atoms with Crippen LogP contribution in [0.1, 0.15) is 79.9 Å². The minimum atomic E-state index is 0.261. The summed E-state index contributed by atoms with van der Waals surface area (Å²) in [6, 6.07) is 13.3. The average molecular weight is 394 g/mol. The van der Waals surface area contributed by atoms with Crippen molar-refractivity contribution in [2.45, 2.75) is 71.1 Å². The van der Waals surface area contributed by atoms with Crippen LogP contribution in [0.15, 0.2) is 36.4 Å². The highest BCUT2D eigenvalue weighted by Gasteiger charge is 2.14. The lowest BCUT2D eigenvalue weighted by atomic mass is 9.92. The van der Waals surface area contributed by atoms with Crippen molar-refractivity contribution in [3.63, 3.8) is 0 Å². The molecule has 0 unspecified atom stereocenters. The summed E-state index contributed by atoms with van der Waals surface area (Å²) in [6.45, 7) is 2.05. The van der Waals surface area contributed by atoms with Crippen LogP contribution in [-0.2, 0) is 6.42 Å². The van der Waals surface area contributed by atoms with Gasteiger partial charge in [-0.2, -0.15) is 0 Å². The number of thiophene rings is 1. The molecule has 1 aliphatic rings. The Balaban J connectivity index is 1.40. The van der Waals surface area contributed by atoms with Crippen LogP contribution < -0.4 is 0 Å². The van der Waals surface area contributed by atoms with Gasteiger partial charge in [0.25, 0.3) is 0 Å². The number of aromatic amines is 1. The predicted octanol–water partition coefficient (Wildman–Crippen LogP) is 7.78. The van der Waals surface area contributed by atoms with E-state index in [1.54, 1.807) is 11.3 Å². The summed E-state index contributed by atoms with van der Waals surface area (Å²) in [6.07, 6.45) is 12.7. The van der Waals surface area contributed by atoms with Crippen LogP contribution in [0.3, 0.4) is 0 Å². The van der Waals surface area contributed by atoms with Crippen molar-refractivity contribution in [2.75, 3.05) is 0 Å². The molecule has 0 aliphatic heterocycles. The first-order chi connectivity index (χ1) is 13.7. The summed E-state index contributed by atoms with van der Waals surface area (Å²) in [5, 5.41) is 0. The number of aryl methyl sites for hydroxylation is 1. The fourth-order valence-electron chi connectivity index (χ4n) is 4.44. The van der Waals surface area contributed by atoms with E-state index < -0.39 is 0 Å². The summed E-state index contributed by atoms with van der Waals surface area (Å²) in [5.41, 5.74) is 4.90. The highest BCUT2D eigenvalue weighted by molar-refractivity contribution is 7.20. The van der Waals surface area contributed by atoms with Gasteiger partial charge in [-0.3, -0.25) is 4.79 Å². The summed E-state index contributed by atoms with van der Waals surface area (Å²) < 4.78 is 1.17. The van der Waals surface area contributed by atoms with Crippen LogP contribution in [0.4, 0.5) is 0 Å². The van der Waals surface area contributed by atoms with Gasteiger partial charge in [0.2, 0.25) is 0 Å². The van der Waals surface area contributed by atoms with E-state index in [1.165, 1.54) is 67.2 Å². The summed E-state index contributed by atoms with van der Waals surface area (Å²) >= 11 is 1.61. The minimum absolute atomic E-state index is 0.261. The van der Waals surface area contributed by atoms with Gasteiger partial charge in [0, 0.05) is 12.1 Å². The maximum atomic E-state index is 12.1. The molecule has 1 aliphatic carbocycles. The Morgan fingerprint density at radius 3 is 2.50 bits per heavy atom. The minimum Gasteiger partial charge on any atom is -0.354 e. The molecule has 1 saturated carbocycles. The zero-order valence-corrected chi connectivity index (χ0v) is 17.7. The molecule has 3 heteroatoms. The van der Waals surface area contributed by atoms with Gasteiger partial charge in [0.1, 0.15) is 0 Å². The third-order valence-electron chi connectivity index (χ3n) is 6.14. The van der Waals surface area contributed by atoms with Gasteiger partial charge in [0.15, 0.2) is 5.78 Å². The van der Waals surface area contributed by atoms with Crippen LogP contribution in [-0.4, -0.2) is 10.8 Å². The molecule has 1 fully saturated rings. The Labute approximate surface area is 172 Å². The number of hydrogen-bond acceptors (Lipinski definition) is 2. The van der Waals surface area contributed by atoms with Crippen LogP contribution in [0.2, 0.25) is 0 Å². The van der Waals surface area contributed by atoms with Crippen molar-refractivity contribution < 1.29 is 4.79 Å². The molecule has 1 aromatic carbocycles. The second-order valence-corrected chi connectivity index (χ2v) is 9.42. The first-order valence-electron chi connectivity index (χ1n) is 11.0. The Morgan fingerprint density at radius 2 is 1.82 bits per heavy atom. The molecule has 28 heavy (non-hydrogen) atoms. The van der Waals surface area contributed by atoms with Crippen LogP contribution in [0.5, 0.6) is 0 Å². The van der Waals surface area contributed by atoms with Gasteiger partial charge < -0.3 is 4.98 Å². The molecular formula is C25H31NOS. The molecule has 0 radical (unpaired) electrons. The number of nitrogens with one attached hydrogen (secondary N) is 1. The lowest BCUT2D eigenvalue weighted by molar-refractivity contribution is 0.0985. The van der Waals surface area contributed by atoms with Crippen molar-refractivity contribution in [1.29, 1.82) is 0 Å². The molecule has 1 N–H and O–H groups in total. The maximum absolute atomic E-state index is 12.1. The smallest absolute Gasteiger partial charge is 0.172 e. The SMILES string of the molecule is CCCC(=O)c1cc2[nH]c(-c3ccc(CCC4CCCCCC4)cc3)cc2s1. The van der Waals surface area contributed by atoms with E-state index in [9.17, 15) is 4.79 Å². The molecule has 2 nitrogen and oxygen atoms in total. The maximum Gasteiger partial charge on any atom is 0.172 e. The highest BCUT2D eigenvalue weighted by Crippen LogP contribution is 2.32. The molecular weight excluding hydrogens is 362 g/mol. The molecule has 0 bridgehead atoms. The largest absolute Gasteiger partial charge is 0.354 e. The van der Waals surface area contributed by atoms with Crippen molar-refractivity contribution >= 4 is 27.3 Å². The molecule has 148 valence electrons. The van der Waals surface area contributed by atoms with E-state index in [2.05, 4.69) is 42.2 Å². The fraction of sp³-hybridized carbons (Fsp3) is 0.480. The second-order valence-electron chi connectivity index (χ2n) is 8.34. The van der Waals surface area contributed by atoms with Crippen LogP contribution >= 0.6 is 11.3 Å². The molecule has 0 saturated heterocycles. The molecule has 4 rings (SSSR count). The molecule has 2 aromatic heterocycles. The van der Waals surface area contributed by atoms with E-state index >= 15 is 0 Å². The molecule has 0 spiro atoms. The van der Waals surface area contributed by atoms with Gasteiger partial charge in [-0.05, 0) is 48.4 Å².